The number of carbonyl (C=O) groups is 1. The van der Waals surface area contributed by atoms with Gasteiger partial charge in [-0.15, -0.1) is 0 Å². The fraction of sp³-hybridized carbons (Fsp3) is 0.257. The van der Waals surface area contributed by atoms with E-state index in [-0.39, 0.29) is 24.7 Å². The lowest BCUT2D eigenvalue weighted by molar-refractivity contribution is -0.137. The first-order valence-corrected chi connectivity index (χ1v) is 15.1. The molecule has 3 heterocycles. The lowest BCUT2D eigenvalue weighted by Crippen LogP contribution is -2.38. The first-order valence-electron chi connectivity index (χ1n) is 15.1. The number of piperidine rings is 1. The first kappa shape index (κ1) is 30.8. The number of likely N-dealkylation sites (tertiary alicyclic amines) is 1. The number of halogens is 3. The van der Waals surface area contributed by atoms with E-state index in [1.807, 2.05) is 67.6 Å². The van der Waals surface area contributed by atoms with Gasteiger partial charge in [-0.05, 0) is 49.1 Å². The minimum atomic E-state index is -4.50. The molecule has 0 radical (unpaired) electrons. The third-order valence-corrected chi connectivity index (χ3v) is 8.09. The molecule has 5 aromatic rings. The summed E-state index contributed by atoms with van der Waals surface area (Å²) in [7, 11) is 0. The van der Waals surface area contributed by atoms with Crippen LogP contribution >= 0.6 is 0 Å². The Bertz CT molecular complexity index is 1770. The van der Waals surface area contributed by atoms with Crippen molar-refractivity contribution in [2.24, 2.45) is 0 Å². The molecule has 3 aromatic carbocycles. The number of hydrogen-bond donors (Lipinski definition) is 2. The van der Waals surface area contributed by atoms with Gasteiger partial charge in [0.05, 0.1) is 28.7 Å². The van der Waals surface area contributed by atoms with Crippen LogP contribution in [0.15, 0.2) is 97.2 Å². The maximum atomic E-state index is 13.7. The number of nitrogens with one attached hydrogen (secondary N) is 2. The van der Waals surface area contributed by atoms with Gasteiger partial charge in [-0.1, -0.05) is 72.8 Å². The fourth-order valence-corrected chi connectivity index (χ4v) is 5.55. The molecule has 2 aromatic heterocycles. The van der Waals surface area contributed by atoms with Crippen molar-refractivity contribution < 1.29 is 22.7 Å². The zero-order valence-corrected chi connectivity index (χ0v) is 25.2. The molecule has 1 aliphatic rings. The number of nitrogens with zero attached hydrogens (tertiary/aromatic N) is 4. The molecule has 1 saturated heterocycles. The first-order chi connectivity index (χ1) is 22.2. The van der Waals surface area contributed by atoms with Crippen molar-refractivity contribution in [1.82, 2.24) is 24.8 Å². The summed E-state index contributed by atoms with van der Waals surface area (Å²) in [4.78, 5) is 31.7. The Morgan fingerprint density at radius 1 is 0.978 bits per heavy atom. The molecule has 1 fully saturated rings. The zero-order valence-electron chi connectivity index (χ0n) is 25.2. The fourth-order valence-electron chi connectivity index (χ4n) is 5.55. The molecule has 1 amide bonds. The minimum absolute atomic E-state index is 0.0472. The van der Waals surface area contributed by atoms with Crippen LogP contribution in [0.2, 0.25) is 0 Å². The van der Waals surface area contributed by atoms with E-state index in [1.165, 1.54) is 6.07 Å². The highest BCUT2D eigenvalue weighted by molar-refractivity contribution is 5.77. The average Bonchev–Trinajstić information content (AvgIpc) is 3.54. The van der Waals surface area contributed by atoms with Crippen LogP contribution in [0.4, 0.5) is 23.9 Å². The monoisotopic (exact) mass is 626 g/mol. The Morgan fingerprint density at radius 3 is 2.41 bits per heavy atom. The molecule has 0 spiro atoms. The Labute approximate surface area is 264 Å². The zero-order chi connectivity index (χ0) is 32.1. The van der Waals surface area contributed by atoms with Crippen LogP contribution in [-0.2, 0) is 17.5 Å². The maximum absolute atomic E-state index is 13.7. The number of rotatable bonds is 8. The number of hydrogen-bond acceptors (Lipinski definition) is 6. The summed E-state index contributed by atoms with van der Waals surface area (Å²) in [6.45, 7) is 3.12. The van der Waals surface area contributed by atoms with Crippen LogP contribution in [0.5, 0.6) is 0 Å². The minimum Gasteiger partial charge on any atom is -0.445 e. The van der Waals surface area contributed by atoms with Gasteiger partial charge in [0.1, 0.15) is 12.4 Å². The topological polar surface area (TPSA) is 96.0 Å². The van der Waals surface area contributed by atoms with E-state index in [1.54, 1.807) is 23.2 Å². The summed E-state index contributed by atoms with van der Waals surface area (Å²) in [5, 5.41) is 3.31. The van der Waals surface area contributed by atoms with Crippen LogP contribution in [0, 0.1) is 0 Å². The van der Waals surface area contributed by atoms with Crippen molar-refractivity contribution in [3.05, 3.63) is 120 Å². The Balaban J connectivity index is 1.25. The van der Waals surface area contributed by atoms with E-state index in [0.717, 1.165) is 23.3 Å². The highest BCUT2D eigenvalue weighted by Gasteiger charge is 2.32. The Kier molecular flexibility index (Phi) is 9.00. The van der Waals surface area contributed by atoms with E-state index < -0.39 is 11.7 Å². The van der Waals surface area contributed by atoms with Gasteiger partial charge in [0.15, 0.2) is 0 Å². The van der Waals surface area contributed by atoms with Gasteiger partial charge >= 0.3 is 12.3 Å². The van der Waals surface area contributed by atoms with Gasteiger partial charge in [-0.3, -0.25) is 0 Å². The molecule has 0 aliphatic carbocycles. The lowest BCUT2D eigenvalue weighted by Gasteiger charge is -2.30. The molecule has 236 valence electrons. The second-order valence-corrected chi connectivity index (χ2v) is 11.3. The van der Waals surface area contributed by atoms with Crippen LogP contribution in [0.25, 0.3) is 22.6 Å². The molecule has 1 unspecified atom stereocenters. The third kappa shape index (κ3) is 7.20. The number of benzene rings is 3. The number of H-pyrrole nitrogens is 1. The Morgan fingerprint density at radius 2 is 1.70 bits per heavy atom. The number of imidazole rings is 1. The smallest absolute Gasteiger partial charge is 0.416 e. The molecule has 1 atom stereocenters. The summed E-state index contributed by atoms with van der Waals surface area (Å²) < 4.78 is 46.5. The average molecular weight is 627 g/mol. The van der Waals surface area contributed by atoms with Gasteiger partial charge in [0.2, 0.25) is 5.95 Å². The molecule has 11 heteroatoms. The van der Waals surface area contributed by atoms with Gasteiger partial charge < -0.3 is 19.9 Å². The third-order valence-electron chi connectivity index (χ3n) is 8.09. The number of amides is 1. The number of aromatic amines is 1. The number of alkyl halides is 3. The van der Waals surface area contributed by atoms with Crippen molar-refractivity contribution in [3.8, 4) is 22.6 Å². The van der Waals surface area contributed by atoms with Crippen LogP contribution < -0.4 is 5.32 Å². The molecule has 2 N–H and O–H groups in total. The molecule has 1 aliphatic heterocycles. The van der Waals surface area contributed by atoms with Crippen LogP contribution in [0.1, 0.15) is 54.2 Å². The van der Waals surface area contributed by atoms with Gasteiger partial charge in [-0.25, -0.2) is 19.7 Å². The number of carbonyl (C=O) groups excluding carboxylic acids is 1. The van der Waals surface area contributed by atoms with E-state index in [0.29, 0.717) is 60.3 Å². The Hall–Kier alpha value is -5.19. The molecule has 0 bridgehead atoms. The van der Waals surface area contributed by atoms with Gasteiger partial charge in [-0.2, -0.15) is 13.2 Å². The number of anilines is 1. The normalized spacial score (nSPS) is 14.6. The SMILES string of the molecule is CC(Nc1nccc(-c2[nH]c(C3CCN(C(=O)OCc4ccccc4)CC3)nc2-c2cccc(C(F)(F)F)c2)n1)c1ccccc1. The highest BCUT2D eigenvalue weighted by Crippen LogP contribution is 2.37. The van der Waals surface area contributed by atoms with Crippen LogP contribution in [0.3, 0.4) is 0 Å². The lowest BCUT2D eigenvalue weighted by atomic mass is 9.96. The standard InChI is InChI=1S/C35H33F3N6O2/c1-23(25-11-6-3-7-12-25)40-33-39-18-15-29(41-33)31-30(27-13-8-14-28(21-27)35(36,37)38)42-32(43-31)26-16-19-44(20-17-26)34(45)46-22-24-9-4-2-5-10-24/h2-15,18,21,23,26H,16-17,19-20,22H2,1H3,(H,42,43)(H,39,40,41). The predicted molar refractivity (Wildman–Crippen MR) is 169 cm³/mol. The number of aromatic nitrogens is 4. The quantitative estimate of drug-likeness (QED) is 0.180. The van der Waals surface area contributed by atoms with Crippen LogP contribution in [-0.4, -0.2) is 44.0 Å². The van der Waals surface area contributed by atoms with Crippen molar-refractivity contribution in [3.63, 3.8) is 0 Å². The van der Waals surface area contributed by atoms with Crippen molar-refractivity contribution >= 4 is 12.0 Å². The van der Waals surface area contributed by atoms with Crippen molar-refractivity contribution in [2.45, 2.75) is 44.5 Å². The van der Waals surface area contributed by atoms with Gasteiger partial charge in [0, 0.05) is 30.8 Å². The number of ether oxygens (including phenoxy) is 1. The van der Waals surface area contributed by atoms with Crippen molar-refractivity contribution in [2.75, 3.05) is 18.4 Å². The van der Waals surface area contributed by atoms with Crippen molar-refractivity contribution in [1.29, 1.82) is 0 Å². The predicted octanol–water partition coefficient (Wildman–Crippen LogP) is 8.24. The van der Waals surface area contributed by atoms with E-state index >= 15 is 0 Å². The summed E-state index contributed by atoms with van der Waals surface area (Å²) in [6.07, 6.45) is -2.05. The second kappa shape index (κ2) is 13.4. The van der Waals surface area contributed by atoms with E-state index in [2.05, 4.69) is 15.3 Å². The highest BCUT2D eigenvalue weighted by atomic mass is 19.4. The molecule has 46 heavy (non-hydrogen) atoms. The van der Waals surface area contributed by atoms with E-state index in [4.69, 9.17) is 14.7 Å². The molecular weight excluding hydrogens is 593 g/mol. The summed E-state index contributed by atoms with van der Waals surface area (Å²) in [5.41, 5.74) is 2.88. The summed E-state index contributed by atoms with van der Waals surface area (Å²) in [6, 6.07) is 26.1. The molecule has 0 saturated carbocycles. The summed E-state index contributed by atoms with van der Waals surface area (Å²) >= 11 is 0. The molecule has 6 rings (SSSR count). The second-order valence-electron chi connectivity index (χ2n) is 11.3. The molecular formula is C35H33F3N6O2. The summed E-state index contributed by atoms with van der Waals surface area (Å²) in [5.74, 6) is 0.960. The van der Waals surface area contributed by atoms with Gasteiger partial charge in [0.25, 0.3) is 0 Å². The maximum Gasteiger partial charge on any atom is 0.416 e. The molecule has 8 nitrogen and oxygen atoms in total. The largest absolute Gasteiger partial charge is 0.445 e. The van der Waals surface area contributed by atoms with E-state index in [9.17, 15) is 18.0 Å².